The third-order valence-corrected chi connectivity index (χ3v) is 5.10. The normalized spacial score (nSPS) is 11.5. The Labute approximate surface area is 225 Å². The lowest BCUT2D eigenvalue weighted by Crippen LogP contribution is -2.15. The predicted molar refractivity (Wildman–Crippen MR) is 142 cm³/mol. The maximum Gasteiger partial charge on any atom is 0.0701 e. The lowest BCUT2D eigenvalue weighted by Gasteiger charge is -2.09. The highest BCUT2D eigenvalue weighted by atomic mass is 16.6. The fraction of sp³-hybridized carbons (Fsp3) is 1.00. The highest BCUT2D eigenvalue weighted by molar-refractivity contribution is 4.45. The van der Waals surface area contributed by atoms with Crippen LogP contribution in [-0.2, 0) is 42.6 Å². The zero-order valence-electron chi connectivity index (χ0n) is 23.5. The van der Waals surface area contributed by atoms with Crippen molar-refractivity contribution in [1.29, 1.82) is 0 Å². The van der Waals surface area contributed by atoms with Gasteiger partial charge in [0.1, 0.15) is 0 Å². The first kappa shape index (κ1) is 36.6. The highest BCUT2D eigenvalue weighted by Crippen LogP contribution is 2.06. The standard InChI is InChI=1S/C27H56O10/c1-2-3-4-5-6-7-8-10-29-12-14-31-16-18-33-20-22-35-24-26-37-27-25-36-23-21-34-19-17-32-15-13-30-11-9-28/h28H,2-27H2,1H3. The van der Waals surface area contributed by atoms with Crippen molar-refractivity contribution >= 4 is 0 Å². The largest absolute Gasteiger partial charge is 0.394 e. The maximum atomic E-state index is 8.56. The Hall–Kier alpha value is -0.400. The van der Waals surface area contributed by atoms with Crippen LogP contribution < -0.4 is 0 Å². The Balaban J connectivity index is 3.00. The summed E-state index contributed by atoms with van der Waals surface area (Å²) in [5.74, 6) is 0. The second-order valence-corrected chi connectivity index (χ2v) is 8.36. The minimum atomic E-state index is 0.0324. The number of unbranched alkanes of at least 4 members (excludes halogenated alkanes) is 6. The molecule has 0 fully saturated rings. The van der Waals surface area contributed by atoms with Crippen LogP contribution in [0.5, 0.6) is 0 Å². The van der Waals surface area contributed by atoms with E-state index >= 15 is 0 Å². The second kappa shape index (κ2) is 35.6. The zero-order chi connectivity index (χ0) is 26.7. The molecule has 0 bridgehead atoms. The Morgan fingerprint density at radius 2 is 0.541 bits per heavy atom. The van der Waals surface area contributed by atoms with E-state index in [9.17, 15) is 0 Å². The van der Waals surface area contributed by atoms with E-state index in [0.717, 1.165) is 13.0 Å². The van der Waals surface area contributed by atoms with Gasteiger partial charge in [0.05, 0.1) is 119 Å². The van der Waals surface area contributed by atoms with Crippen molar-refractivity contribution in [1.82, 2.24) is 0 Å². The monoisotopic (exact) mass is 540 g/mol. The summed E-state index contributed by atoms with van der Waals surface area (Å²) in [6.07, 6.45) is 9.12. The molecule has 10 heteroatoms. The molecule has 0 heterocycles. The van der Waals surface area contributed by atoms with Gasteiger partial charge < -0.3 is 47.7 Å². The van der Waals surface area contributed by atoms with Gasteiger partial charge in [-0.05, 0) is 6.42 Å². The zero-order valence-corrected chi connectivity index (χ0v) is 23.5. The molecule has 1 N–H and O–H groups in total. The van der Waals surface area contributed by atoms with E-state index in [1.807, 2.05) is 0 Å². The molecule has 0 amide bonds. The first-order valence-corrected chi connectivity index (χ1v) is 14.2. The van der Waals surface area contributed by atoms with Gasteiger partial charge in [-0.3, -0.25) is 0 Å². The average molecular weight is 541 g/mol. The van der Waals surface area contributed by atoms with Crippen LogP contribution in [0.3, 0.4) is 0 Å². The highest BCUT2D eigenvalue weighted by Gasteiger charge is 1.96. The molecule has 0 radical (unpaired) electrons. The Kier molecular flexibility index (Phi) is 35.2. The number of hydrogen-bond donors (Lipinski definition) is 1. The summed E-state index contributed by atoms with van der Waals surface area (Å²) in [4.78, 5) is 0. The second-order valence-electron chi connectivity index (χ2n) is 8.36. The molecule has 37 heavy (non-hydrogen) atoms. The van der Waals surface area contributed by atoms with Crippen molar-refractivity contribution in [2.24, 2.45) is 0 Å². The summed E-state index contributed by atoms with van der Waals surface area (Å²) >= 11 is 0. The van der Waals surface area contributed by atoms with Crippen molar-refractivity contribution in [3.05, 3.63) is 0 Å². The van der Waals surface area contributed by atoms with Gasteiger partial charge in [-0.15, -0.1) is 0 Å². The molecule has 0 rings (SSSR count). The molecule has 0 spiro atoms. The fourth-order valence-electron chi connectivity index (χ4n) is 3.09. The average Bonchev–Trinajstić information content (AvgIpc) is 2.91. The van der Waals surface area contributed by atoms with Gasteiger partial charge in [0.2, 0.25) is 0 Å². The minimum absolute atomic E-state index is 0.0324. The van der Waals surface area contributed by atoms with Crippen LogP contribution in [0.2, 0.25) is 0 Å². The number of aliphatic hydroxyl groups excluding tert-OH is 1. The van der Waals surface area contributed by atoms with Crippen LogP contribution >= 0.6 is 0 Å². The summed E-state index contributed by atoms with van der Waals surface area (Å²) in [5, 5.41) is 8.56. The molecule has 0 aromatic carbocycles. The fourth-order valence-corrected chi connectivity index (χ4v) is 3.09. The molecule has 0 aliphatic rings. The van der Waals surface area contributed by atoms with Gasteiger partial charge in [-0.1, -0.05) is 45.4 Å². The van der Waals surface area contributed by atoms with Crippen LogP contribution in [0, 0.1) is 0 Å². The lowest BCUT2D eigenvalue weighted by atomic mass is 10.1. The SMILES string of the molecule is CCCCCCCCCOCCOCCOCCOCCOCCOCCOCCOCCOCCO. The molecule has 0 saturated carbocycles. The molecular weight excluding hydrogens is 484 g/mol. The molecule has 0 aliphatic heterocycles. The summed E-state index contributed by atoms with van der Waals surface area (Å²) in [6, 6.07) is 0. The molecule has 10 nitrogen and oxygen atoms in total. The van der Waals surface area contributed by atoms with Crippen LogP contribution in [0.1, 0.15) is 51.9 Å². The van der Waals surface area contributed by atoms with Gasteiger partial charge >= 0.3 is 0 Å². The van der Waals surface area contributed by atoms with Crippen LogP contribution in [-0.4, -0.2) is 131 Å². The van der Waals surface area contributed by atoms with E-state index in [2.05, 4.69) is 6.92 Å². The van der Waals surface area contributed by atoms with Gasteiger partial charge in [0, 0.05) is 6.61 Å². The molecule has 0 unspecified atom stereocenters. The summed E-state index contributed by atoms with van der Waals surface area (Å²) in [5.41, 5.74) is 0. The van der Waals surface area contributed by atoms with Crippen LogP contribution in [0.25, 0.3) is 0 Å². The van der Waals surface area contributed by atoms with Gasteiger partial charge in [-0.2, -0.15) is 0 Å². The van der Waals surface area contributed by atoms with Crippen molar-refractivity contribution in [2.75, 3.05) is 126 Å². The molecule has 0 aromatic heterocycles. The first-order chi connectivity index (χ1) is 18.4. The third kappa shape index (κ3) is 35.6. The number of aliphatic hydroxyl groups is 1. The van der Waals surface area contributed by atoms with E-state index in [0.29, 0.717) is 112 Å². The Morgan fingerprint density at radius 1 is 0.297 bits per heavy atom. The Morgan fingerprint density at radius 3 is 0.838 bits per heavy atom. The van der Waals surface area contributed by atoms with E-state index in [4.69, 9.17) is 47.7 Å². The lowest BCUT2D eigenvalue weighted by molar-refractivity contribution is -0.0255. The van der Waals surface area contributed by atoms with Crippen molar-refractivity contribution in [3.8, 4) is 0 Å². The van der Waals surface area contributed by atoms with Gasteiger partial charge in [0.15, 0.2) is 0 Å². The van der Waals surface area contributed by atoms with Crippen LogP contribution in [0.15, 0.2) is 0 Å². The summed E-state index contributed by atoms with van der Waals surface area (Å²) < 4.78 is 48.7. The van der Waals surface area contributed by atoms with E-state index < -0.39 is 0 Å². The number of hydrogen-bond acceptors (Lipinski definition) is 10. The topological polar surface area (TPSA) is 103 Å². The molecule has 0 atom stereocenters. The quantitative estimate of drug-likeness (QED) is 0.123. The van der Waals surface area contributed by atoms with E-state index in [1.54, 1.807) is 0 Å². The summed E-state index contributed by atoms with van der Waals surface area (Å²) in [6.45, 7) is 12.1. The van der Waals surface area contributed by atoms with Gasteiger partial charge in [0.25, 0.3) is 0 Å². The third-order valence-electron chi connectivity index (χ3n) is 5.10. The van der Waals surface area contributed by atoms with Crippen molar-refractivity contribution < 1.29 is 47.7 Å². The molecular formula is C27H56O10. The number of ether oxygens (including phenoxy) is 9. The minimum Gasteiger partial charge on any atom is -0.394 e. The Bertz CT molecular complexity index is 356. The predicted octanol–water partition coefficient (Wildman–Crippen LogP) is 2.88. The van der Waals surface area contributed by atoms with Gasteiger partial charge in [-0.25, -0.2) is 0 Å². The molecule has 224 valence electrons. The van der Waals surface area contributed by atoms with Crippen molar-refractivity contribution in [3.63, 3.8) is 0 Å². The van der Waals surface area contributed by atoms with Crippen LogP contribution in [0.4, 0.5) is 0 Å². The van der Waals surface area contributed by atoms with E-state index in [-0.39, 0.29) is 6.61 Å². The molecule has 0 aliphatic carbocycles. The van der Waals surface area contributed by atoms with E-state index in [1.165, 1.54) is 38.5 Å². The van der Waals surface area contributed by atoms with Crippen molar-refractivity contribution in [2.45, 2.75) is 51.9 Å². The number of rotatable bonds is 34. The first-order valence-electron chi connectivity index (χ1n) is 14.2. The molecule has 0 aromatic rings. The summed E-state index contributed by atoms with van der Waals surface area (Å²) in [7, 11) is 0. The molecule has 0 saturated heterocycles. The smallest absolute Gasteiger partial charge is 0.0701 e. The maximum absolute atomic E-state index is 8.56.